The lowest BCUT2D eigenvalue weighted by Gasteiger charge is -2.20. The Morgan fingerprint density at radius 1 is 1.42 bits per heavy atom. The van der Waals surface area contributed by atoms with Gasteiger partial charge in [-0.1, -0.05) is 11.6 Å². The molecule has 1 aromatic heterocycles. The van der Waals surface area contributed by atoms with Gasteiger partial charge in [0.25, 0.3) is 0 Å². The Morgan fingerprint density at radius 3 is 2.74 bits per heavy atom. The molecule has 2 heterocycles. The van der Waals surface area contributed by atoms with Crippen LogP contribution in [0.5, 0.6) is 0 Å². The van der Waals surface area contributed by atoms with Crippen molar-refractivity contribution in [2.24, 2.45) is 4.99 Å². The van der Waals surface area contributed by atoms with Crippen LogP contribution in [0.4, 0.5) is 0 Å². The molecule has 1 aliphatic heterocycles. The molecule has 0 spiro atoms. The molecule has 0 aliphatic carbocycles. The van der Waals surface area contributed by atoms with Crippen LogP contribution in [0, 0.1) is 0 Å². The molecule has 0 atom stereocenters. The molecule has 3 nitrogen and oxygen atoms in total. The van der Waals surface area contributed by atoms with E-state index in [1.807, 2.05) is 6.07 Å². The van der Waals surface area contributed by atoms with Crippen LogP contribution in [-0.4, -0.2) is 37.0 Å². The molecule has 0 amide bonds. The molecule has 0 saturated carbocycles. The lowest BCUT2D eigenvalue weighted by Crippen LogP contribution is -2.39. The van der Waals surface area contributed by atoms with Crippen LogP contribution >= 0.6 is 46.9 Å². The lowest BCUT2D eigenvalue weighted by molar-refractivity contribution is 0.494. The van der Waals surface area contributed by atoms with Crippen molar-refractivity contribution in [3.8, 4) is 0 Å². The molecule has 6 heteroatoms. The minimum Gasteiger partial charge on any atom is -0.357 e. The molecule has 1 saturated heterocycles. The summed E-state index contributed by atoms with van der Waals surface area (Å²) in [6.07, 6.45) is 3.54. The third-order valence-electron chi connectivity index (χ3n) is 2.99. The van der Waals surface area contributed by atoms with E-state index in [0.29, 0.717) is 0 Å². The summed E-state index contributed by atoms with van der Waals surface area (Å²) in [6, 6.07) is 4.04. The van der Waals surface area contributed by atoms with Gasteiger partial charge in [-0.15, -0.1) is 35.3 Å². The lowest BCUT2D eigenvalue weighted by atomic mass is 10.3. The molecular formula is C13H21ClIN3S. The average Bonchev–Trinajstić information content (AvgIpc) is 2.99. The second-order valence-electron chi connectivity index (χ2n) is 4.39. The normalized spacial score (nSPS) is 15.5. The SMILES string of the molecule is CCNC(=NCCc1ccc(Cl)s1)N1CCCC1.I. The summed E-state index contributed by atoms with van der Waals surface area (Å²) in [7, 11) is 0. The number of guanidine groups is 1. The monoisotopic (exact) mass is 413 g/mol. The van der Waals surface area contributed by atoms with Gasteiger partial charge in [-0.25, -0.2) is 0 Å². The van der Waals surface area contributed by atoms with Gasteiger partial charge in [-0.05, 0) is 31.9 Å². The summed E-state index contributed by atoms with van der Waals surface area (Å²) in [4.78, 5) is 8.35. The average molecular weight is 414 g/mol. The van der Waals surface area contributed by atoms with Crippen molar-refractivity contribution >= 4 is 52.9 Å². The molecular weight excluding hydrogens is 393 g/mol. The second kappa shape index (κ2) is 9.02. The van der Waals surface area contributed by atoms with Crippen LogP contribution in [0.2, 0.25) is 4.34 Å². The van der Waals surface area contributed by atoms with Gasteiger partial charge >= 0.3 is 0 Å². The topological polar surface area (TPSA) is 27.6 Å². The van der Waals surface area contributed by atoms with E-state index < -0.39 is 0 Å². The Labute approximate surface area is 141 Å². The van der Waals surface area contributed by atoms with Gasteiger partial charge in [0, 0.05) is 37.5 Å². The van der Waals surface area contributed by atoms with Gasteiger partial charge < -0.3 is 10.2 Å². The highest BCUT2D eigenvalue weighted by Gasteiger charge is 2.15. The first-order valence-corrected chi connectivity index (χ1v) is 7.76. The number of thiophene rings is 1. The van der Waals surface area contributed by atoms with Crippen LogP contribution in [0.25, 0.3) is 0 Å². The van der Waals surface area contributed by atoms with Crippen LogP contribution in [-0.2, 0) is 6.42 Å². The molecule has 19 heavy (non-hydrogen) atoms. The Hall–Kier alpha value is -0.0100. The number of aliphatic imine (C=N–C) groups is 1. The van der Waals surface area contributed by atoms with Crippen molar-refractivity contribution in [1.29, 1.82) is 0 Å². The molecule has 1 aromatic rings. The minimum absolute atomic E-state index is 0. The zero-order chi connectivity index (χ0) is 12.8. The summed E-state index contributed by atoms with van der Waals surface area (Å²) in [5, 5.41) is 3.37. The first kappa shape index (κ1) is 17.0. The van der Waals surface area contributed by atoms with Gasteiger partial charge in [0.05, 0.1) is 4.34 Å². The van der Waals surface area contributed by atoms with Crippen molar-refractivity contribution in [3.05, 3.63) is 21.3 Å². The van der Waals surface area contributed by atoms with Crippen molar-refractivity contribution < 1.29 is 0 Å². The van der Waals surface area contributed by atoms with Gasteiger partial charge in [0.15, 0.2) is 5.96 Å². The highest BCUT2D eigenvalue weighted by atomic mass is 127. The molecule has 0 radical (unpaired) electrons. The van der Waals surface area contributed by atoms with Crippen LogP contribution in [0.1, 0.15) is 24.6 Å². The number of rotatable bonds is 4. The quantitative estimate of drug-likeness (QED) is 0.464. The third kappa shape index (κ3) is 5.47. The number of halogens is 2. The van der Waals surface area contributed by atoms with E-state index in [2.05, 4.69) is 23.2 Å². The molecule has 108 valence electrons. The first-order chi connectivity index (χ1) is 8.79. The number of nitrogens with one attached hydrogen (secondary N) is 1. The molecule has 0 bridgehead atoms. The maximum atomic E-state index is 5.92. The van der Waals surface area contributed by atoms with E-state index in [0.717, 1.165) is 42.9 Å². The number of nitrogens with zero attached hydrogens (tertiary/aromatic N) is 2. The molecule has 0 unspecified atom stereocenters. The van der Waals surface area contributed by atoms with Gasteiger partial charge in [-0.2, -0.15) is 0 Å². The maximum absolute atomic E-state index is 5.92. The van der Waals surface area contributed by atoms with Crippen molar-refractivity contribution in [2.75, 3.05) is 26.2 Å². The van der Waals surface area contributed by atoms with Crippen LogP contribution in [0.15, 0.2) is 17.1 Å². The van der Waals surface area contributed by atoms with E-state index >= 15 is 0 Å². The van der Waals surface area contributed by atoms with Crippen molar-refractivity contribution in [3.63, 3.8) is 0 Å². The Balaban J connectivity index is 0.00000180. The predicted octanol–water partition coefficient (Wildman–Crippen LogP) is 3.62. The summed E-state index contributed by atoms with van der Waals surface area (Å²) < 4.78 is 0.862. The van der Waals surface area contributed by atoms with Gasteiger partial charge in [-0.3, -0.25) is 4.99 Å². The molecule has 1 fully saturated rings. The smallest absolute Gasteiger partial charge is 0.193 e. The summed E-state index contributed by atoms with van der Waals surface area (Å²) in [5.74, 6) is 1.07. The largest absolute Gasteiger partial charge is 0.357 e. The summed E-state index contributed by atoms with van der Waals surface area (Å²) in [6.45, 7) is 6.15. The molecule has 0 aromatic carbocycles. The van der Waals surface area contributed by atoms with Gasteiger partial charge in [0.1, 0.15) is 0 Å². The zero-order valence-corrected chi connectivity index (χ0v) is 15.1. The third-order valence-corrected chi connectivity index (χ3v) is 4.28. The minimum atomic E-state index is 0. The molecule has 2 rings (SSSR count). The number of hydrogen-bond donors (Lipinski definition) is 1. The predicted molar refractivity (Wildman–Crippen MR) is 95.2 cm³/mol. The number of hydrogen-bond acceptors (Lipinski definition) is 2. The fourth-order valence-electron chi connectivity index (χ4n) is 2.11. The van der Waals surface area contributed by atoms with Crippen LogP contribution in [0.3, 0.4) is 0 Å². The van der Waals surface area contributed by atoms with E-state index in [1.54, 1.807) is 11.3 Å². The molecule has 1 N–H and O–H groups in total. The fraction of sp³-hybridized carbons (Fsp3) is 0.615. The number of likely N-dealkylation sites (tertiary alicyclic amines) is 1. The Morgan fingerprint density at radius 2 is 2.16 bits per heavy atom. The van der Waals surface area contributed by atoms with Crippen molar-refractivity contribution in [2.45, 2.75) is 26.2 Å². The van der Waals surface area contributed by atoms with E-state index in [9.17, 15) is 0 Å². The summed E-state index contributed by atoms with van der Waals surface area (Å²) in [5.41, 5.74) is 0. The highest BCUT2D eigenvalue weighted by molar-refractivity contribution is 14.0. The van der Waals surface area contributed by atoms with Gasteiger partial charge in [0.2, 0.25) is 0 Å². The van der Waals surface area contributed by atoms with E-state index in [4.69, 9.17) is 16.6 Å². The second-order valence-corrected chi connectivity index (χ2v) is 6.19. The van der Waals surface area contributed by atoms with Crippen molar-refractivity contribution in [1.82, 2.24) is 10.2 Å². The van der Waals surface area contributed by atoms with E-state index in [-0.39, 0.29) is 24.0 Å². The Kier molecular flexibility index (Phi) is 8.09. The maximum Gasteiger partial charge on any atom is 0.193 e. The molecule has 1 aliphatic rings. The summed E-state index contributed by atoms with van der Waals surface area (Å²) >= 11 is 7.56. The highest BCUT2D eigenvalue weighted by Crippen LogP contribution is 2.21. The zero-order valence-electron chi connectivity index (χ0n) is 11.2. The van der Waals surface area contributed by atoms with E-state index in [1.165, 1.54) is 17.7 Å². The fourth-order valence-corrected chi connectivity index (χ4v) is 3.19. The standard InChI is InChI=1S/C13H20ClN3S.HI/c1-2-15-13(17-9-3-4-10-17)16-8-7-11-5-6-12(14)18-11;/h5-6H,2-4,7-10H2,1H3,(H,15,16);1H. The Bertz CT molecular complexity index is 402. The first-order valence-electron chi connectivity index (χ1n) is 6.57. The van der Waals surface area contributed by atoms with Crippen LogP contribution < -0.4 is 5.32 Å².